The predicted molar refractivity (Wildman–Crippen MR) is 85.2 cm³/mol. The number of hydrogen-bond acceptors (Lipinski definition) is 6. The van der Waals surface area contributed by atoms with Crippen LogP contribution in [-0.2, 0) is 13.1 Å². The molecule has 0 saturated heterocycles. The molecule has 110 valence electrons. The zero-order valence-electron chi connectivity index (χ0n) is 12.0. The molecule has 0 spiro atoms. The number of hydrogen-bond donors (Lipinski definition) is 2. The van der Waals surface area contributed by atoms with Crippen LogP contribution in [0.25, 0.3) is 0 Å². The lowest BCUT2D eigenvalue weighted by Gasteiger charge is -2.08. The highest BCUT2D eigenvalue weighted by atomic mass is 15.1. The van der Waals surface area contributed by atoms with Crippen LogP contribution >= 0.6 is 0 Å². The van der Waals surface area contributed by atoms with E-state index in [1.54, 1.807) is 18.6 Å². The third-order valence-electron chi connectivity index (χ3n) is 3.01. The minimum Gasteiger partial charge on any atom is -0.364 e. The zero-order valence-corrected chi connectivity index (χ0v) is 12.0. The van der Waals surface area contributed by atoms with E-state index in [1.165, 1.54) is 0 Å². The molecule has 0 aromatic carbocycles. The largest absolute Gasteiger partial charge is 0.364 e. The Morgan fingerprint density at radius 1 is 0.818 bits per heavy atom. The van der Waals surface area contributed by atoms with Gasteiger partial charge in [0.2, 0.25) is 5.95 Å². The molecule has 0 radical (unpaired) electrons. The summed E-state index contributed by atoms with van der Waals surface area (Å²) in [6, 6.07) is 11.6. The molecule has 0 saturated carbocycles. The van der Waals surface area contributed by atoms with Crippen molar-refractivity contribution in [1.82, 2.24) is 19.9 Å². The topological polar surface area (TPSA) is 75.6 Å². The SMILES string of the molecule is c1ccc(CNc2ccnc(NCc3cccnc3)n2)nc1. The molecule has 3 heterocycles. The van der Waals surface area contributed by atoms with Gasteiger partial charge < -0.3 is 10.6 Å². The van der Waals surface area contributed by atoms with Crippen molar-refractivity contribution in [2.45, 2.75) is 13.1 Å². The van der Waals surface area contributed by atoms with Gasteiger partial charge in [-0.25, -0.2) is 4.98 Å². The molecule has 0 aliphatic carbocycles. The van der Waals surface area contributed by atoms with E-state index in [1.807, 2.05) is 42.6 Å². The normalized spacial score (nSPS) is 10.2. The van der Waals surface area contributed by atoms with Crippen LogP contribution < -0.4 is 10.6 Å². The van der Waals surface area contributed by atoms with Crippen molar-refractivity contribution in [1.29, 1.82) is 0 Å². The third-order valence-corrected chi connectivity index (χ3v) is 3.01. The van der Waals surface area contributed by atoms with Crippen molar-refractivity contribution in [3.8, 4) is 0 Å². The molecule has 0 unspecified atom stereocenters. The fourth-order valence-corrected chi connectivity index (χ4v) is 1.91. The number of anilines is 2. The summed E-state index contributed by atoms with van der Waals surface area (Å²) in [5.74, 6) is 1.34. The standard InChI is InChI=1S/C16H16N6/c1-2-8-18-14(5-1)12-20-15-6-9-19-16(22-15)21-11-13-4-3-7-17-10-13/h1-10H,11-12H2,(H2,19,20,21,22). The van der Waals surface area contributed by atoms with E-state index in [0.717, 1.165) is 17.1 Å². The van der Waals surface area contributed by atoms with Crippen molar-refractivity contribution in [2.75, 3.05) is 10.6 Å². The molecule has 3 aromatic rings. The predicted octanol–water partition coefficient (Wildman–Crippen LogP) is 2.49. The average Bonchev–Trinajstić information content (AvgIpc) is 2.60. The van der Waals surface area contributed by atoms with Gasteiger partial charge in [-0.2, -0.15) is 4.98 Å². The molecular formula is C16H16N6. The van der Waals surface area contributed by atoms with Gasteiger partial charge in [-0.1, -0.05) is 12.1 Å². The first-order chi connectivity index (χ1) is 10.9. The Bertz CT molecular complexity index is 643. The Kier molecular flexibility index (Phi) is 4.51. The van der Waals surface area contributed by atoms with Gasteiger partial charge in [-0.05, 0) is 29.8 Å². The van der Waals surface area contributed by atoms with Crippen LogP contribution in [0.3, 0.4) is 0 Å². The fraction of sp³-hybridized carbons (Fsp3) is 0.125. The van der Waals surface area contributed by atoms with Crippen molar-refractivity contribution in [2.24, 2.45) is 0 Å². The summed E-state index contributed by atoms with van der Waals surface area (Å²) in [5.41, 5.74) is 2.05. The van der Waals surface area contributed by atoms with Gasteiger partial charge in [-0.3, -0.25) is 9.97 Å². The molecule has 0 aliphatic rings. The van der Waals surface area contributed by atoms with Crippen LogP contribution in [0.4, 0.5) is 11.8 Å². The molecule has 0 aliphatic heterocycles. The minimum absolute atomic E-state index is 0.579. The fourth-order valence-electron chi connectivity index (χ4n) is 1.91. The van der Waals surface area contributed by atoms with E-state index in [9.17, 15) is 0 Å². The minimum atomic E-state index is 0.579. The molecule has 0 fully saturated rings. The highest BCUT2D eigenvalue weighted by molar-refractivity contribution is 5.40. The Morgan fingerprint density at radius 2 is 1.82 bits per heavy atom. The van der Waals surface area contributed by atoms with Crippen molar-refractivity contribution in [3.05, 3.63) is 72.4 Å². The molecule has 6 heteroatoms. The molecule has 3 rings (SSSR count). The molecule has 0 atom stereocenters. The summed E-state index contributed by atoms with van der Waals surface area (Å²) in [6.45, 7) is 1.26. The Morgan fingerprint density at radius 3 is 2.64 bits per heavy atom. The lowest BCUT2D eigenvalue weighted by Crippen LogP contribution is -2.07. The van der Waals surface area contributed by atoms with Crippen LogP contribution in [0, 0.1) is 0 Å². The Balaban J connectivity index is 1.58. The number of nitrogens with zero attached hydrogens (tertiary/aromatic N) is 4. The first-order valence-corrected chi connectivity index (χ1v) is 7.00. The molecule has 0 bridgehead atoms. The van der Waals surface area contributed by atoms with E-state index in [0.29, 0.717) is 19.0 Å². The van der Waals surface area contributed by atoms with Crippen molar-refractivity contribution in [3.63, 3.8) is 0 Å². The molecule has 0 amide bonds. The third kappa shape index (κ3) is 3.99. The second-order valence-corrected chi connectivity index (χ2v) is 4.65. The maximum Gasteiger partial charge on any atom is 0.224 e. The summed E-state index contributed by atoms with van der Waals surface area (Å²) in [5, 5.41) is 6.42. The average molecular weight is 292 g/mol. The molecule has 22 heavy (non-hydrogen) atoms. The zero-order chi connectivity index (χ0) is 15.0. The summed E-state index contributed by atoms with van der Waals surface area (Å²) in [4.78, 5) is 17.0. The molecule has 2 N–H and O–H groups in total. The maximum absolute atomic E-state index is 4.42. The van der Waals surface area contributed by atoms with E-state index in [-0.39, 0.29) is 0 Å². The number of aromatic nitrogens is 4. The smallest absolute Gasteiger partial charge is 0.224 e. The van der Waals surface area contributed by atoms with Crippen LogP contribution in [0.5, 0.6) is 0 Å². The maximum atomic E-state index is 4.42. The summed E-state index contributed by atoms with van der Waals surface area (Å²) in [7, 11) is 0. The Labute approximate surface area is 128 Å². The van der Waals surface area contributed by atoms with Gasteiger partial charge in [0.25, 0.3) is 0 Å². The van der Waals surface area contributed by atoms with Crippen LogP contribution in [-0.4, -0.2) is 19.9 Å². The lowest BCUT2D eigenvalue weighted by atomic mass is 10.3. The van der Waals surface area contributed by atoms with E-state index in [2.05, 4.69) is 30.6 Å². The van der Waals surface area contributed by atoms with E-state index in [4.69, 9.17) is 0 Å². The van der Waals surface area contributed by atoms with E-state index >= 15 is 0 Å². The number of rotatable bonds is 6. The monoisotopic (exact) mass is 292 g/mol. The van der Waals surface area contributed by atoms with Gasteiger partial charge in [0.1, 0.15) is 5.82 Å². The van der Waals surface area contributed by atoms with Crippen LogP contribution in [0.15, 0.2) is 61.2 Å². The summed E-state index contributed by atoms with van der Waals surface area (Å²) < 4.78 is 0. The highest BCUT2D eigenvalue weighted by Gasteiger charge is 2.00. The van der Waals surface area contributed by atoms with Crippen molar-refractivity contribution < 1.29 is 0 Å². The molecule has 3 aromatic heterocycles. The number of pyridine rings is 2. The van der Waals surface area contributed by atoms with Gasteiger partial charge in [0.15, 0.2) is 0 Å². The van der Waals surface area contributed by atoms with Gasteiger partial charge in [0.05, 0.1) is 12.2 Å². The van der Waals surface area contributed by atoms with Crippen molar-refractivity contribution >= 4 is 11.8 Å². The van der Waals surface area contributed by atoms with Gasteiger partial charge in [-0.15, -0.1) is 0 Å². The van der Waals surface area contributed by atoms with Crippen LogP contribution in [0.1, 0.15) is 11.3 Å². The summed E-state index contributed by atoms with van der Waals surface area (Å²) in [6.07, 6.45) is 7.07. The van der Waals surface area contributed by atoms with Crippen LogP contribution in [0.2, 0.25) is 0 Å². The quantitative estimate of drug-likeness (QED) is 0.727. The first-order valence-electron chi connectivity index (χ1n) is 7.00. The summed E-state index contributed by atoms with van der Waals surface area (Å²) >= 11 is 0. The number of nitrogens with one attached hydrogen (secondary N) is 2. The molecule has 6 nitrogen and oxygen atoms in total. The lowest BCUT2D eigenvalue weighted by molar-refractivity contribution is 1.00. The first kappa shape index (κ1) is 13.9. The highest BCUT2D eigenvalue weighted by Crippen LogP contribution is 2.08. The van der Waals surface area contributed by atoms with Gasteiger partial charge in [0, 0.05) is 31.3 Å². The van der Waals surface area contributed by atoms with Gasteiger partial charge >= 0.3 is 0 Å². The second-order valence-electron chi connectivity index (χ2n) is 4.65. The van der Waals surface area contributed by atoms with E-state index < -0.39 is 0 Å². The molecular weight excluding hydrogens is 276 g/mol. The Hall–Kier alpha value is -3.02. The second kappa shape index (κ2) is 7.12.